The molecule has 5 nitrogen and oxygen atoms in total. The van der Waals surface area contributed by atoms with Crippen molar-refractivity contribution < 1.29 is 4.79 Å². The van der Waals surface area contributed by atoms with E-state index in [1.807, 2.05) is 35.2 Å². The standard InChI is InChI=1S/C21H26N4O/c1-15-17-11-8-13-24(2)20(17)23-19(22-15)18-12-6-7-14-25(18)21(26)16-9-4-3-5-10-16/h3-5,9-10,18H,6-8,11-14H2,1-2H3/t18-/m1/s1. The van der Waals surface area contributed by atoms with Crippen molar-refractivity contribution in [3.05, 3.63) is 53.0 Å². The van der Waals surface area contributed by atoms with Crippen LogP contribution in [0.25, 0.3) is 0 Å². The summed E-state index contributed by atoms with van der Waals surface area (Å²) in [5.74, 6) is 1.94. The summed E-state index contributed by atoms with van der Waals surface area (Å²) in [6.07, 6.45) is 5.27. The predicted octanol–water partition coefficient (Wildman–Crippen LogP) is 3.53. The molecular formula is C21H26N4O. The minimum atomic E-state index is -0.0317. The topological polar surface area (TPSA) is 49.3 Å². The molecule has 1 amide bonds. The van der Waals surface area contributed by atoms with E-state index in [9.17, 15) is 4.79 Å². The van der Waals surface area contributed by atoms with Crippen molar-refractivity contribution in [1.82, 2.24) is 14.9 Å². The molecule has 0 N–H and O–H groups in total. The van der Waals surface area contributed by atoms with Gasteiger partial charge in [0.25, 0.3) is 5.91 Å². The Morgan fingerprint density at radius 2 is 1.88 bits per heavy atom. The molecule has 2 aromatic rings. The summed E-state index contributed by atoms with van der Waals surface area (Å²) in [6.45, 7) is 3.88. The summed E-state index contributed by atoms with van der Waals surface area (Å²) < 4.78 is 0. The number of piperidine rings is 1. The molecule has 0 bridgehead atoms. The number of fused-ring (bicyclic) bond motifs is 1. The highest BCUT2D eigenvalue weighted by Gasteiger charge is 2.32. The molecule has 3 heterocycles. The number of hydrogen-bond acceptors (Lipinski definition) is 4. The second-order valence-electron chi connectivity index (χ2n) is 7.37. The van der Waals surface area contributed by atoms with Crippen molar-refractivity contribution in [2.45, 2.75) is 45.1 Å². The minimum absolute atomic E-state index is 0.0317. The Hall–Kier alpha value is -2.43. The zero-order valence-corrected chi connectivity index (χ0v) is 15.6. The molecule has 0 spiro atoms. The first kappa shape index (κ1) is 17.0. The molecule has 0 saturated carbocycles. The van der Waals surface area contributed by atoms with E-state index in [2.05, 4.69) is 18.9 Å². The van der Waals surface area contributed by atoms with Crippen molar-refractivity contribution in [3.63, 3.8) is 0 Å². The van der Waals surface area contributed by atoms with E-state index >= 15 is 0 Å². The Morgan fingerprint density at radius 3 is 2.69 bits per heavy atom. The highest BCUT2D eigenvalue weighted by molar-refractivity contribution is 5.94. The van der Waals surface area contributed by atoms with Gasteiger partial charge in [-0.05, 0) is 51.2 Å². The van der Waals surface area contributed by atoms with Crippen molar-refractivity contribution in [2.24, 2.45) is 0 Å². The van der Waals surface area contributed by atoms with Crippen LogP contribution in [-0.2, 0) is 6.42 Å². The number of anilines is 1. The van der Waals surface area contributed by atoms with Gasteiger partial charge in [-0.3, -0.25) is 4.79 Å². The van der Waals surface area contributed by atoms with Gasteiger partial charge in [0.15, 0.2) is 5.82 Å². The van der Waals surface area contributed by atoms with Gasteiger partial charge < -0.3 is 9.80 Å². The number of amides is 1. The molecule has 0 radical (unpaired) electrons. The third kappa shape index (κ3) is 3.06. The lowest BCUT2D eigenvalue weighted by Gasteiger charge is -2.36. The number of hydrogen-bond donors (Lipinski definition) is 0. The van der Waals surface area contributed by atoms with Gasteiger partial charge in [0.05, 0.1) is 6.04 Å². The quantitative estimate of drug-likeness (QED) is 0.831. The van der Waals surface area contributed by atoms with Gasteiger partial charge in [-0.15, -0.1) is 0 Å². The number of rotatable bonds is 2. The average molecular weight is 350 g/mol. The maximum absolute atomic E-state index is 13.1. The van der Waals surface area contributed by atoms with Gasteiger partial charge >= 0.3 is 0 Å². The maximum atomic E-state index is 13.1. The van der Waals surface area contributed by atoms with Gasteiger partial charge in [0.1, 0.15) is 5.82 Å². The maximum Gasteiger partial charge on any atom is 0.254 e. The van der Waals surface area contributed by atoms with Crippen LogP contribution >= 0.6 is 0 Å². The van der Waals surface area contributed by atoms with Gasteiger partial charge in [0, 0.05) is 37.0 Å². The molecule has 0 unspecified atom stereocenters. The zero-order chi connectivity index (χ0) is 18.1. The van der Waals surface area contributed by atoms with E-state index in [1.165, 1.54) is 5.56 Å². The van der Waals surface area contributed by atoms with E-state index in [0.717, 1.165) is 68.1 Å². The minimum Gasteiger partial charge on any atom is -0.359 e. The molecule has 1 aromatic heterocycles. The number of carbonyl (C=O) groups is 1. The highest BCUT2D eigenvalue weighted by Crippen LogP contribution is 2.33. The third-order valence-electron chi connectivity index (χ3n) is 5.57. The van der Waals surface area contributed by atoms with Gasteiger partial charge in [-0.2, -0.15) is 0 Å². The molecule has 1 saturated heterocycles. The van der Waals surface area contributed by atoms with E-state index in [-0.39, 0.29) is 11.9 Å². The number of aromatic nitrogens is 2. The molecule has 2 aliphatic rings. The summed E-state index contributed by atoms with van der Waals surface area (Å²) in [7, 11) is 2.10. The van der Waals surface area contributed by atoms with Crippen LogP contribution in [0.5, 0.6) is 0 Å². The summed E-state index contributed by atoms with van der Waals surface area (Å²) in [4.78, 5) is 27.0. The smallest absolute Gasteiger partial charge is 0.254 e. The first-order valence-electron chi connectivity index (χ1n) is 9.59. The Kier molecular flexibility index (Phi) is 4.62. The van der Waals surface area contributed by atoms with Crippen molar-refractivity contribution in [1.29, 1.82) is 0 Å². The molecule has 1 fully saturated rings. The Balaban J connectivity index is 1.70. The lowest BCUT2D eigenvalue weighted by Crippen LogP contribution is -2.40. The number of carbonyl (C=O) groups excluding carboxylic acids is 1. The van der Waals surface area contributed by atoms with Crippen LogP contribution in [0.4, 0.5) is 5.82 Å². The van der Waals surface area contributed by atoms with Crippen molar-refractivity contribution in [3.8, 4) is 0 Å². The number of benzene rings is 1. The molecule has 1 aromatic carbocycles. The highest BCUT2D eigenvalue weighted by atomic mass is 16.2. The third-order valence-corrected chi connectivity index (χ3v) is 5.57. The van der Waals surface area contributed by atoms with Gasteiger partial charge in [-0.25, -0.2) is 9.97 Å². The average Bonchev–Trinajstić information content (AvgIpc) is 2.69. The Bertz CT molecular complexity index is 805. The van der Waals surface area contributed by atoms with Crippen LogP contribution in [0.1, 0.15) is 59.2 Å². The first-order chi connectivity index (χ1) is 12.6. The SMILES string of the molecule is Cc1nc([C@H]2CCCCN2C(=O)c2ccccc2)nc2c1CCCN2C. The van der Waals surface area contributed by atoms with Gasteiger partial charge in [-0.1, -0.05) is 18.2 Å². The summed E-state index contributed by atoms with van der Waals surface area (Å²) >= 11 is 0. The molecule has 0 aliphatic carbocycles. The summed E-state index contributed by atoms with van der Waals surface area (Å²) in [5.41, 5.74) is 3.07. The van der Waals surface area contributed by atoms with E-state index in [4.69, 9.17) is 9.97 Å². The Morgan fingerprint density at radius 1 is 1.08 bits per heavy atom. The largest absolute Gasteiger partial charge is 0.359 e. The molecule has 2 aliphatic heterocycles. The van der Waals surface area contributed by atoms with Crippen LogP contribution in [0.2, 0.25) is 0 Å². The van der Waals surface area contributed by atoms with E-state index in [0.29, 0.717) is 0 Å². The van der Waals surface area contributed by atoms with E-state index in [1.54, 1.807) is 0 Å². The molecule has 26 heavy (non-hydrogen) atoms. The first-order valence-corrected chi connectivity index (χ1v) is 9.59. The van der Waals surface area contributed by atoms with Gasteiger partial charge in [0.2, 0.25) is 0 Å². The number of nitrogens with zero attached hydrogens (tertiary/aromatic N) is 4. The molecule has 136 valence electrons. The summed E-state index contributed by atoms with van der Waals surface area (Å²) in [5, 5.41) is 0. The van der Waals surface area contributed by atoms with Crippen molar-refractivity contribution >= 4 is 11.7 Å². The summed E-state index contributed by atoms with van der Waals surface area (Å²) in [6, 6.07) is 9.52. The fourth-order valence-electron chi connectivity index (χ4n) is 4.15. The van der Waals surface area contributed by atoms with Crippen LogP contribution < -0.4 is 4.90 Å². The van der Waals surface area contributed by atoms with E-state index < -0.39 is 0 Å². The van der Waals surface area contributed by atoms with Crippen LogP contribution in [0.15, 0.2) is 30.3 Å². The Labute approximate surface area is 155 Å². The lowest BCUT2D eigenvalue weighted by molar-refractivity contribution is 0.0599. The second-order valence-corrected chi connectivity index (χ2v) is 7.37. The number of likely N-dealkylation sites (tertiary alicyclic amines) is 1. The van der Waals surface area contributed by atoms with Crippen LogP contribution in [0, 0.1) is 6.92 Å². The van der Waals surface area contributed by atoms with Crippen LogP contribution in [0.3, 0.4) is 0 Å². The fraction of sp³-hybridized carbons (Fsp3) is 0.476. The second kappa shape index (κ2) is 7.06. The molecule has 1 atom stereocenters. The van der Waals surface area contributed by atoms with Crippen molar-refractivity contribution in [2.75, 3.05) is 25.0 Å². The normalized spacial score (nSPS) is 20.0. The lowest BCUT2D eigenvalue weighted by atomic mass is 9.98. The monoisotopic (exact) mass is 350 g/mol. The molecular weight excluding hydrogens is 324 g/mol. The number of aryl methyl sites for hydroxylation is 1. The fourth-order valence-corrected chi connectivity index (χ4v) is 4.15. The molecule has 4 rings (SSSR count). The predicted molar refractivity (Wildman–Crippen MR) is 102 cm³/mol. The molecule has 5 heteroatoms. The van der Waals surface area contributed by atoms with Crippen LogP contribution in [-0.4, -0.2) is 40.9 Å². The zero-order valence-electron chi connectivity index (χ0n) is 15.6.